The number of carbonyl (C=O) groups is 2. The van der Waals surface area contributed by atoms with Crippen LogP contribution in [-0.2, 0) is 14.3 Å². The van der Waals surface area contributed by atoms with Crippen molar-refractivity contribution < 1.29 is 23.1 Å². The van der Waals surface area contributed by atoms with Gasteiger partial charge in [-0.3, -0.25) is 9.69 Å². The molecule has 0 spiro atoms. The summed E-state index contributed by atoms with van der Waals surface area (Å²) < 4.78 is 31.1. The van der Waals surface area contributed by atoms with Crippen molar-refractivity contribution in [2.45, 2.75) is 39.3 Å². The molecule has 1 aromatic rings. The molecule has 2 unspecified atom stereocenters. The van der Waals surface area contributed by atoms with E-state index in [0.29, 0.717) is 12.0 Å². The first-order valence-electron chi connectivity index (χ1n) is 8.18. The number of rotatable bonds is 8. The summed E-state index contributed by atoms with van der Waals surface area (Å²) in [6, 6.07) is 2.65. The fourth-order valence-electron chi connectivity index (χ4n) is 2.46. The van der Waals surface area contributed by atoms with Crippen LogP contribution >= 0.6 is 0 Å². The molecule has 0 saturated heterocycles. The van der Waals surface area contributed by atoms with Gasteiger partial charge in [0.15, 0.2) is 11.6 Å². The lowest BCUT2D eigenvalue weighted by Gasteiger charge is -2.26. The molecule has 0 aliphatic carbocycles. The molecule has 5 nitrogen and oxygen atoms in total. The van der Waals surface area contributed by atoms with Crippen LogP contribution in [0.15, 0.2) is 18.2 Å². The van der Waals surface area contributed by atoms with E-state index in [9.17, 15) is 18.4 Å². The molecule has 0 fully saturated rings. The van der Waals surface area contributed by atoms with Gasteiger partial charge in [-0.2, -0.15) is 0 Å². The van der Waals surface area contributed by atoms with Gasteiger partial charge >= 0.3 is 5.97 Å². The summed E-state index contributed by atoms with van der Waals surface area (Å²) in [5, 5.41) is 2.67. The molecular weight excluding hydrogens is 330 g/mol. The normalized spacial score (nSPS) is 13.6. The molecule has 0 aliphatic heterocycles. The number of amides is 1. The Hall–Kier alpha value is -2.02. The number of nitrogens with one attached hydrogen (secondary N) is 1. The van der Waals surface area contributed by atoms with Crippen LogP contribution in [0.4, 0.5) is 8.78 Å². The van der Waals surface area contributed by atoms with Crippen molar-refractivity contribution in [1.82, 2.24) is 10.2 Å². The van der Waals surface area contributed by atoms with Crippen molar-refractivity contribution in [1.29, 1.82) is 0 Å². The van der Waals surface area contributed by atoms with Gasteiger partial charge in [0, 0.05) is 6.04 Å². The van der Waals surface area contributed by atoms with Crippen LogP contribution in [0.25, 0.3) is 0 Å². The first-order valence-corrected chi connectivity index (χ1v) is 8.18. The summed E-state index contributed by atoms with van der Waals surface area (Å²) in [6.07, 6.45) is 0.473. The summed E-state index contributed by atoms with van der Waals surface area (Å²) in [7, 11) is 2.97. The van der Waals surface area contributed by atoms with E-state index in [1.807, 2.05) is 13.8 Å². The van der Waals surface area contributed by atoms with Crippen molar-refractivity contribution >= 4 is 11.9 Å². The number of carbonyl (C=O) groups excluding carboxylic acids is 2. The molecule has 0 aliphatic rings. The molecule has 0 saturated carbocycles. The highest BCUT2D eigenvalue weighted by molar-refractivity contribution is 5.85. The van der Waals surface area contributed by atoms with Gasteiger partial charge in [-0.1, -0.05) is 19.9 Å². The average Bonchev–Trinajstić information content (AvgIpc) is 2.54. The number of esters is 1. The van der Waals surface area contributed by atoms with E-state index in [4.69, 9.17) is 4.74 Å². The quantitative estimate of drug-likeness (QED) is 0.728. The van der Waals surface area contributed by atoms with E-state index >= 15 is 0 Å². The van der Waals surface area contributed by atoms with Crippen molar-refractivity contribution in [3.05, 3.63) is 35.4 Å². The lowest BCUT2D eigenvalue weighted by atomic mass is 10.0. The summed E-state index contributed by atoms with van der Waals surface area (Å²) in [6.45, 7) is 5.68. The number of ether oxygens (including phenoxy) is 1. The zero-order valence-corrected chi connectivity index (χ0v) is 15.3. The molecule has 0 radical (unpaired) electrons. The summed E-state index contributed by atoms with van der Waals surface area (Å²) in [5.74, 6) is -2.45. The molecule has 1 aromatic carbocycles. The molecule has 2 atom stereocenters. The van der Waals surface area contributed by atoms with Gasteiger partial charge in [0.2, 0.25) is 5.91 Å². The largest absolute Gasteiger partial charge is 0.467 e. The van der Waals surface area contributed by atoms with Gasteiger partial charge in [0.25, 0.3) is 0 Å². The van der Waals surface area contributed by atoms with Gasteiger partial charge < -0.3 is 10.1 Å². The molecule has 7 heteroatoms. The molecule has 140 valence electrons. The third-order valence-electron chi connectivity index (χ3n) is 4.01. The van der Waals surface area contributed by atoms with E-state index in [-0.39, 0.29) is 24.4 Å². The van der Waals surface area contributed by atoms with Crippen LogP contribution in [-0.4, -0.2) is 43.5 Å². The fraction of sp³-hybridized carbons (Fsp3) is 0.556. The Bertz CT molecular complexity index is 608. The van der Waals surface area contributed by atoms with E-state index in [1.54, 1.807) is 18.9 Å². The Kier molecular flexibility index (Phi) is 7.96. The highest BCUT2D eigenvalue weighted by atomic mass is 19.2. The van der Waals surface area contributed by atoms with Gasteiger partial charge in [-0.05, 0) is 44.0 Å². The third-order valence-corrected chi connectivity index (χ3v) is 4.01. The fourth-order valence-corrected chi connectivity index (χ4v) is 2.46. The van der Waals surface area contributed by atoms with Crippen LogP contribution in [0.3, 0.4) is 0 Å². The molecule has 0 bridgehead atoms. The standard InChI is InChI=1S/C18H26F2N2O3/c1-11(2)8-16(18(24)25-5)21-17(23)10-22(4)12(3)13-6-7-14(19)15(20)9-13/h6-7,9,11-12,16H,8,10H2,1-5H3,(H,21,23). The number of methoxy groups -OCH3 is 1. The van der Waals surface area contributed by atoms with Crippen LogP contribution in [0.2, 0.25) is 0 Å². The monoisotopic (exact) mass is 356 g/mol. The first kappa shape index (κ1) is 21.0. The molecular formula is C18H26F2N2O3. The maximum atomic E-state index is 13.4. The second kappa shape index (κ2) is 9.46. The van der Waals surface area contributed by atoms with E-state index < -0.39 is 23.6 Å². The second-order valence-corrected chi connectivity index (χ2v) is 6.54. The second-order valence-electron chi connectivity index (χ2n) is 6.54. The van der Waals surface area contributed by atoms with Crippen molar-refractivity contribution in [3.63, 3.8) is 0 Å². The first-order chi connectivity index (χ1) is 11.6. The maximum absolute atomic E-state index is 13.4. The Morgan fingerprint density at radius 3 is 2.36 bits per heavy atom. The Morgan fingerprint density at radius 1 is 1.20 bits per heavy atom. The van der Waals surface area contributed by atoms with Gasteiger partial charge in [-0.15, -0.1) is 0 Å². The molecule has 1 amide bonds. The van der Waals surface area contributed by atoms with Crippen LogP contribution in [0.1, 0.15) is 38.8 Å². The highest BCUT2D eigenvalue weighted by Crippen LogP contribution is 2.20. The maximum Gasteiger partial charge on any atom is 0.328 e. The number of hydrogen-bond donors (Lipinski definition) is 1. The Labute approximate surface area is 147 Å². The molecule has 0 heterocycles. The molecule has 1 rings (SSSR count). The average molecular weight is 356 g/mol. The van der Waals surface area contributed by atoms with Crippen molar-refractivity contribution in [2.24, 2.45) is 5.92 Å². The number of hydrogen-bond acceptors (Lipinski definition) is 4. The minimum Gasteiger partial charge on any atom is -0.467 e. The zero-order chi connectivity index (χ0) is 19.1. The number of nitrogens with zero attached hydrogens (tertiary/aromatic N) is 1. The molecule has 1 N–H and O–H groups in total. The van der Waals surface area contributed by atoms with Crippen molar-refractivity contribution in [2.75, 3.05) is 20.7 Å². The van der Waals surface area contributed by atoms with Crippen LogP contribution < -0.4 is 5.32 Å². The third kappa shape index (κ3) is 6.42. The van der Waals surface area contributed by atoms with Crippen molar-refractivity contribution in [3.8, 4) is 0 Å². The number of benzene rings is 1. The van der Waals surface area contributed by atoms with Crippen LogP contribution in [0.5, 0.6) is 0 Å². The summed E-state index contributed by atoms with van der Waals surface area (Å²) in [5.41, 5.74) is 0.556. The number of likely N-dealkylation sites (N-methyl/N-ethyl adjacent to an activating group) is 1. The van der Waals surface area contributed by atoms with Gasteiger partial charge in [0.1, 0.15) is 6.04 Å². The predicted molar refractivity (Wildman–Crippen MR) is 90.8 cm³/mol. The summed E-state index contributed by atoms with van der Waals surface area (Å²) >= 11 is 0. The van der Waals surface area contributed by atoms with Crippen LogP contribution in [0, 0.1) is 17.6 Å². The minimum absolute atomic E-state index is 0.00571. The topological polar surface area (TPSA) is 58.6 Å². The lowest BCUT2D eigenvalue weighted by molar-refractivity contribution is -0.145. The molecule has 0 aromatic heterocycles. The van der Waals surface area contributed by atoms with E-state index in [0.717, 1.165) is 12.1 Å². The van der Waals surface area contributed by atoms with E-state index in [2.05, 4.69) is 5.32 Å². The minimum atomic E-state index is -0.926. The van der Waals surface area contributed by atoms with E-state index in [1.165, 1.54) is 13.2 Å². The predicted octanol–water partition coefficient (Wildman–Crippen LogP) is 2.66. The Balaban J connectivity index is 2.70. The Morgan fingerprint density at radius 2 is 1.84 bits per heavy atom. The lowest BCUT2D eigenvalue weighted by Crippen LogP contribution is -2.46. The molecule has 25 heavy (non-hydrogen) atoms. The highest BCUT2D eigenvalue weighted by Gasteiger charge is 2.24. The zero-order valence-electron chi connectivity index (χ0n) is 15.3. The smallest absolute Gasteiger partial charge is 0.328 e. The summed E-state index contributed by atoms with van der Waals surface area (Å²) in [4.78, 5) is 25.7. The number of halogens is 2. The van der Waals surface area contributed by atoms with Gasteiger partial charge in [-0.25, -0.2) is 13.6 Å². The SMILES string of the molecule is COC(=O)C(CC(C)C)NC(=O)CN(C)C(C)c1ccc(F)c(F)c1. The van der Waals surface area contributed by atoms with Gasteiger partial charge in [0.05, 0.1) is 13.7 Å².